The second-order valence-electron chi connectivity index (χ2n) is 8.89. The predicted molar refractivity (Wildman–Crippen MR) is 135 cm³/mol. The van der Waals surface area contributed by atoms with Gasteiger partial charge in [0, 0.05) is 31.2 Å². The van der Waals surface area contributed by atoms with Crippen molar-refractivity contribution in [3.63, 3.8) is 0 Å². The molecule has 2 N–H and O–H groups in total. The summed E-state index contributed by atoms with van der Waals surface area (Å²) in [5, 5.41) is 6.36. The number of fused-ring (bicyclic) bond motifs is 1. The van der Waals surface area contributed by atoms with Crippen molar-refractivity contribution in [2.75, 3.05) is 36.4 Å². The van der Waals surface area contributed by atoms with Crippen LogP contribution in [-0.4, -0.2) is 50.7 Å². The van der Waals surface area contributed by atoms with E-state index in [1.165, 1.54) is 10.6 Å². The zero-order valence-corrected chi connectivity index (χ0v) is 20.0. The fourth-order valence-electron chi connectivity index (χ4n) is 4.36. The fourth-order valence-corrected chi connectivity index (χ4v) is 4.36. The first-order chi connectivity index (χ1) is 17.4. The highest BCUT2D eigenvalue weighted by molar-refractivity contribution is 5.82. The van der Waals surface area contributed by atoms with E-state index >= 15 is 0 Å². The Hall–Kier alpha value is -3.99. The molecule has 5 rings (SSSR count). The van der Waals surface area contributed by atoms with E-state index in [1.54, 1.807) is 20.0 Å². The van der Waals surface area contributed by atoms with E-state index in [9.17, 15) is 13.6 Å². The Morgan fingerprint density at radius 2 is 1.86 bits per heavy atom. The van der Waals surface area contributed by atoms with Gasteiger partial charge in [0.1, 0.15) is 17.0 Å². The van der Waals surface area contributed by atoms with Crippen molar-refractivity contribution >= 4 is 28.5 Å². The summed E-state index contributed by atoms with van der Waals surface area (Å²) in [6.07, 6.45) is 4.93. The van der Waals surface area contributed by atoms with Gasteiger partial charge >= 0.3 is 0 Å². The van der Waals surface area contributed by atoms with Gasteiger partial charge in [0.25, 0.3) is 5.56 Å². The van der Waals surface area contributed by atoms with Crippen LogP contribution >= 0.6 is 0 Å². The Morgan fingerprint density at radius 1 is 1.00 bits per heavy atom. The van der Waals surface area contributed by atoms with Gasteiger partial charge in [-0.2, -0.15) is 0 Å². The summed E-state index contributed by atoms with van der Waals surface area (Å²) in [6, 6.07) is 6.20. The second kappa shape index (κ2) is 9.94. The van der Waals surface area contributed by atoms with Crippen LogP contribution in [-0.2, 0) is 0 Å². The quantitative estimate of drug-likeness (QED) is 0.436. The normalized spacial score (nSPS) is 14.3. The molecule has 0 radical (unpaired) electrons. The standard InChI is InChI=1S/C25H26F2N8O/c1-15(2)35-20-11-16(10-18(26)24(20)30-14-22(35)36)23-19(27)13-31-25(33-23)32-21-5-4-17(12-29-21)34-8-3-6-28-7-9-34/h4-5,10-15,28H,3,6-9H2,1-2H3,(H,29,31,32,33). The summed E-state index contributed by atoms with van der Waals surface area (Å²) >= 11 is 0. The van der Waals surface area contributed by atoms with E-state index in [0.29, 0.717) is 5.82 Å². The minimum atomic E-state index is -0.722. The highest BCUT2D eigenvalue weighted by atomic mass is 19.1. The van der Waals surface area contributed by atoms with Crippen LogP contribution in [0.4, 0.5) is 26.2 Å². The number of nitrogens with zero attached hydrogens (tertiary/aromatic N) is 6. The van der Waals surface area contributed by atoms with Crippen molar-refractivity contribution in [2.24, 2.45) is 0 Å². The Morgan fingerprint density at radius 3 is 2.64 bits per heavy atom. The Bertz CT molecular complexity index is 1450. The number of hydrogen-bond acceptors (Lipinski definition) is 8. The summed E-state index contributed by atoms with van der Waals surface area (Å²) in [6.45, 7) is 7.39. The van der Waals surface area contributed by atoms with Crippen molar-refractivity contribution in [3.8, 4) is 11.3 Å². The van der Waals surface area contributed by atoms with Gasteiger partial charge in [0.05, 0.1) is 29.8 Å². The van der Waals surface area contributed by atoms with Crippen LogP contribution < -0.4 is 21.1 Å². The molecule has 0 unspecified atom stereocenters. The minimum absolute atomic E-state index is 0.0318. The molecule has 0 spiro atoms. The van der Waals surface area contributed by atoms with Crippen molar-refractivity contribution in [1.82, 2.24) is 29.8 Å². The van der Waals surface area contributed by atoms with Gasteiger partial charge in [-0.3, -0.25) is 4.79 Å². The summed E-state index contributed by atoms with van der Waals surface area (Å²) in [5.41, 5.74) is 1.01. The third kappa shape index (κ3) is 4.74. The lowest BCUT2D eigenvalue weighted by atomic mass is 10.1. The van der Waals surface area contributed by atoms with Crippen LogP contribution in [0, 0.1) is 11.6 Å². The highest BCUT2D eigenvalue weighted by Crippen LogP contribution is 2.28. The largest absolute Gasteiger partial charge is 0.369 e. The third-order valence-electron chi connectivity index (χ3n) is 6.07. The average Bonchev–Trinajstić information content (AvgIpc) is 3.15. The summed E-state index contributed by atoms with van der Waals surface area (Å²) in [5.74, 6) is -0.796. The fraction of sp³-hybridized carbons (Fsp3) is 0.320. The van der Waals surface area contributed by atoms with E-state index in [1.807, 2.05) is 12.1 Å². The molecule has 36 heavy (non-hydrogen) atoms. The van der Waals surface area contributed by atoms with E-state index in [4.69, 9.17) is 0 Å². The molecule has 186 valence electrons. The molecule has 4 heterocycles. The molecule has 1 aliphatic heterocycles. The molecule has 3 aromatic heterocycles. The summed E-state index contributed by atoms with van der Waals surface area (Å²) < 4.78 is 31.1. The maximum Gasteiger partial charge on any atom is 0.269 e. The van der Waals surface area contributed by atoms with Gasteiger partial charge in [-0.15, -0.1) is 0 Å². The van der Waals surface area contributed by atoms with Gasteiger partial charge in [0.15, 0.2) is 11.6 Å². The topological polar surface area (TPSA) is 101 Å². The van der Waals surface area contributed by atoms with Crippen LogP contribution in [0.1, 0.15) is 26.3 Å². The number of rotatable bonds is 5. The summed E-state index contributed by atoms with van der Waals surface area (Å²) in [7, 11) is 0. The van der Waals surface area contributed by atoms with Crippen molar-refractivity contribution in [2.45, 2.75) is 26.3 Å². The lowest BCUT2D eigenvalue weighted by Gasteiger charge is -2.21. The molecule has 1 fully saturated rings. The van der Waals surface area contributed by atoms with Gasteiger partial charge in [-0.05, 0) is 51.1 Å². The van der Waals surface area contributed by atoms with Crippen molar-refractivity contribution in [3.05, 3.63) is 64.8 Å². The molecule has 0 aliphatic carbocycles. The monoisotopic (exact) mass is 492 g/mol. The van der Waals surface area contributed by atoms with Gasteiger partial charge in [-0.1, -0.05) is 0 Å². The Kier molecular flexibility index (Phi) is 6.55. The molecule has 0 amide bonds. The smallest absolute Gasteiger partial charge is 0.269 e. The molecular weight excluding hydrogens is 466 g/mol. The number of anilines is 3. The second-order valence-corrected chi connectivity index (χ2v) is 8.89. The molecule has 4 aromatic rings. The lowest BCUT2D eigenvalue weighted by Crippen LogP contribution is -2.27. The lowest BCUT2D eigenvalue weighted by molar-refractivity contribution is 0.591. The van der Waals surface area contributed by atoms with E-state index in [0.717, 1.165) is 56.7 Å². The number of halogens is 2. The van der Waals surface area contributed by atoms with Gasteiger partial charge < -0.3 is 20.1 Å². The molecule has 0 bridgehead atoms. The summed E-state index contributed by atoms with van der Waals surface area (Å²) in [4.78, 5) is 31.3. The number of hydrogen-bond donors (Lipinski definition) is 2. The van der Waals surface area contributed by atoms with Crippen LogP contribution in [0.2, 0.25) is 0 Å². The number of benzene rings is 1. The zero-order valence-electron chi connectivity index (χ0n) is 20.0. The molecule has 0 atom stereocenters. The van der Waals surface area contributed by atoms with Crippen LogP contribution in [0.15, 0.2) is 47.7 Å². The molecule has 11 heteroatoms. The van der Waals surface area contributed by atoms with E-state index < -0.39 is 11.6 Å². The number of pyridine rings is 1. The molecular formula is C25H26F2N8O. The molecule has 1 aromatic carbocycles. The van der Waals surface area contributed by atoms with Crippen molar-refractivity contribution in [1.29, 1.82) is 0 Å². The molecule has 9 nitrogen and oxygen atoms in total. The first kappa shape index (κ1) is 23.7. The predicted octanol–water partition coefficient (Wildman–Crippen LogP) is 3.65. The first-order valence-corrected chi connectivity index (χ1v) is 11.8. The van der Waals surface area contributed by atoms with Crippen LogP contribution in [0.5, 0.6) is 0 Å². The molecule has 0 saturated carbocycles. The molecule has 1 aliphatic rings. The maximum absolute atomic E-state index is 14.9. The first-order valence-electron chi connectivity index (χ1n) is 11.8. The Labute approximate surface area is 206 Å². The highest BCUT2D eigenvalue weighted by Gasteiger charge is 2.17. The minimum Gasteiger partial charge on any atom is -0.369 e. The van der Waals surface area contributed by atoms with Crippen LogP contribution in [0.25, 0.3) is 22.3 Å². The number of nitrogens with one attached hydrogen (secondary N) is 2. The van der Waals surface area contributed by atoms with E-state index in [-0.39, 0.29) is 39.8 Å². The van der Waals surface area contributed by atoms with Gasteiger partial charge in [0.2, 0.25) is 5.95 Å². The Balaban J connectivity index is 1.46. The van der Waals surface area contributed by atoms with Crippen LogP contribution in [0.3, 0.4) is 0 Å². The third-order valence-corrected chi connectivity index (χ3v) is 6.07. The SMILES string of the molecule is CC(C)n1c(=O)cnc2c(F)cc(-c3nc(Nc4ccc(N5CCCNCC5)cn4)ncc3F)cc21. The zero-order chi connectivity index (χ0) is 25.2. The average molecular weight is 493 g/mol. The van der Waals surface area contributed by atoms with Crippen molar-refractivity contribution < 1.29 is 8.78 Å². The number of aromatic nitrogens is 5. The molecule has 1 saturated heterocycles. The van der Waals surface area contributed by atoms with E-state index in [2.05, 4.69) is 35.5 Å². The maximum atomic E-state index is 14.9. The van der Waals surface area contributed by atoms with Gasteiger partial charge in [-0.25, -0.2) is 28.7 Å².